The molecule has 0 fully saturated rings. The quantitative estimate of drug-likeness (QED) is 0.773. The minimum Gasteiger partial charge on any atom is -0.496 e. The van der Waals surface area contributed by atoms with E-state index in [9.17, 15) is 18.0 Å². The number of nitrogens with one attached hydrogen (secondary N) is 1. The van der Waals surface area contributed by atoms with E-state index in [2.05, 4.69) is 10.1 Å². The SMILES string of the molecule is COc1ccccc1CCNC(=O)c1ccc(COCC(F)(F)F)cc1. The van der Waals surface area contributed by atoms with Gasteiger partial charge in [-0.25, -0.2) is 0 Å². The number of amides is 1. The minimum atomic E-state index is -4.35. The molecule has 26 heavy (non-hydrogen) atoms. The van der Waals surface area contributed by atoms with E-state index in [1.165, 1.54) is 0 Å². The maximum Gasteiger partial charge on any atom is 0.411 e. The molecule has 0 bridgehead atoms. The average molecular weight is 367 g/mol. The molecule has 2 aromatic rings. The first-order chi connectivity index (χ1) is 12.4. The number of ether oxygens (including phenoxy) is 2. The lowest BCUT2D eigenvalue weighted by molar-refractivity contribution is -0.176. The van der Waals surface area contributed by atoms with Crippen molar-refractivity contribution in [2.45, 2.75) is 19.2 Å². The van der Waals surface area contributed by atoms with Crippen molar-refractivity contribution in [3.63, 3.8) is 0 Å². The summed E-state index contributed by atoms with van der Waals surface area (Å²) in [5, 5.41) is 2.81. The fraction of sp³-hybridized carbons (Fsp3) is 0.316. The van der Waals surface area contributed by atoms with Crippen LogP contribution in [0.3, 0.4) is 0 Å². The molecule has 0 spiro atoms. The van der Waals surface area contributed by atoms with Gasteiger partial charge in [0, 0.05) is 12.1 Å². The Morgan fingerprint density at radius 2 is 1.77 bits per heavy atom. The first kappa shape index (κ1) is 19.8. The van der Waals surface area contributed by atoms with Crippen LogP contribution < -0.4 is 10.1 Å². The second-order valence-corrected chi connectivity index (χ2v) is 5.62. The standard InChI is InChI=1S/C19H20F3NO3/c1-25-17-5-3-2-4-15(17)10-11-23-18(24)16-8-6-14(7-9-16)12-26-13-19(20,21)22/h2-9H,10-13H2,1H3,(H,23,24). The average Bonchev–Trinajstić information content (AvgIpc) is 2.61. The Hall–Kier alpha value is -2.54. The van der Waals surface area contributed by atoms with Gasteiger partial charge in [-0.2, -0.15) is 13.2 Å². The molecule has 2 rings (SSSR count). The molecule has 1 amide bonds. The van der Waals surface area contributed by atoms with Gasteiger partial charge in [0.1, 0.15) is 12.4 Å². The fourth-order valence-corrected chi connectivity index (χ4v) is 2.36. The maximum atomic E-state index is 12.1. The van der Waals surface area contributed by atoms with E-state index >= 15 is 0 Å². The van der Waals surface area contributed by atoms with Gasteiger partial charge in [-0.15, -0.1) is 0 Å². The van der Waals surface area contributed by atoms with Gasteiger partial charge in [-0.3, -0.25) is 4.79 Å². The van der Waals surface area contributed by atoms with Crippen LogP contribution in [0.4, 0.5) is 13.2 Å². The van der Waals surface area contributed by atoms with Crippen molar-refractivity contribution < 1.29 is 27.4 Å². The topological polar surface area (TPSA) is 47.6 Å². The molecule has 0 radical (unpaired) electrons. The van der Waals surface area contributed by atoms with Crippen molar-refractivity contribution in [3.05, 3.63) is 65.2 Å². The third-order valence-corrected chi connectivity index (χ3v) is 3.62. The summed E-state index contributed by atoms with van der Waals surface area (Å²) in [6.45, 7) is -1.01. The number of para-hydroxylation sites is 1. The van der Waals surface area contributed by atoms with Crippen molar-refractivity contribution >= 4 is 5.91 Å². The van der Waals surface area contributed by atoms with Gasteiger partial charge in [0.05, 0.1) is 13.7 Å². The highest BCUT2D eigenvalue weighted by molar-refractivity contribution is 5.94. The second-order valence-electron chi connectivity index (χ2n) is 5.62. The summed E-state index contributed by atoms with van der Waals surface area (Å²) in [6.07, 6.45) is -3.72. The number of hydrogen-bond acceptors (Lipinski definition) is 3. The van der Waals surface area contributed by atoms with E-state index in [1.807, 2.05) is 24.3 Å². The molecule has 0 aromatic heterocycles. The van der Waals surface area contributed by atoms with Crippen LogP contribution >= 0.6 is 0 Å². The molecule has 0 atom stereocenters. The van der Waals surface area contributed by atoms with Gasteiger partial charge < -0.3 is 14.8 Å². The molecule has 0 saturated heterocycles. The molecule has 0 aliphatic heterocycles. The fourth-order valence-electron chi connectivity index (χ4n) is 2.36. The lowest BCUT2D eigenvalue weighted by Crippen LogP contribution is -2.25. The predicted octanol–water partition coefficient (Wildman–Crippen LogP) is 3.75. The highest BCUT2D eigenvalue weighted by Crippen LogP contribution is 2.17. The molecule has 7 heteroatoms. The van der Waals surface area contributed by atoms with E-state index < -0.39 is 12.8 Å². The van der Waals surface area contributed by atoms with Gasteiger partial charge in [-0.1, -0.05) is 30.3 Å². The van der Waals surface area contributed by atoms with Crippen LogP contribution in [0.1, 0.15) is 21.5 Å². The van der Waals surface area contributed by atoms with Crippen LogP contribution in [-0.2, 0) is 17.8 Å². The number of carbonyl (C=O) groups is 1. The van der Waals surface area contributed by atoms with E-state index in [4.69, 9.17) is 4.74 Å². The molecule has 0 aliphatic rings. The maximum absolute atomic E-state index is 12.1. The van der Waals surface area contributed by atoms with Crippen LogP contribution in [0.25, 0.3) is 0 Å². The van der Waals surface area contributed by atoms with Crippen LogP contribution in [0, 0.1) is 0 Å². The van der Waals surface area contributed by atoms with Crippen LogP contribution in [0.2, 0.25) is 0 Å². The molecule has 2 aromatic carbocycles. The molecule has 140 valence electrons. The van der Waals surface area contributed by atoms with E-state index in [1.54, 1.807) is 31.4 Å². The lowest BCUT2D eigenvalue weighted by Gasteiger charge is -2.10. The van der Waals surface area contributed by atoms with Crippen molar-refractivity contribution in [1.29, 1.82) is 0 Å². The van der Waals surface area contributed by atoms with Crippen LogP contribution in [0.15, 0.2) is 48.5 Å². The van der Waals surface area contributed by atoms with Gasteiger partial charge >= 0.3 is 6.18 Å². The number of rotatable bonds is 8. The van der Waals surface area contributed by atoms with Gasteiger partial charge in [0.25, 0.3) is 5.91 Å². The van der Waals surface area contributed by atoms with Gasteiger partial charge in [0.15, 0.2) is 0 Å². The summed E-state index contributed by atoms with van der Waals surface area (Å²) in [6, 6.07) is 13.8. The first-order valence-corrected chi connectivity index (χ1v) is 8.02. The van der Waals surface area contributed by atoms with Crippen molar-refractivity contribution in [3.8, 4) is 5.75 Å². The lowest BCUT2D eigenvalue weighted by atomic mass is 10.1. The Balaban J connectivity index is 1.80. The van der Waals surface area contributed by atoms with E-state index in [-0.39, 0.29) is 12.5 Å². The number of halogens is 3. The Morgan fingerprint density at radius 3 is 2.42 bits per heavy atom. The second kappa shape index (κ2) is 9.24. The molecule has 0 aliphatic carbocycles. The zero-order valence-electron chi connectivity index (χ0n) is 14.3. The summed E-state index contributed by atoms with van der Waals surface area (Å²) < 4.78 is 45.9. The van der Waals surface area contributed by atoms with E-state index in [0.717, 1.165) is 11.3 Å². The van der Waals surface area contributed by atoms with Crippen molar-refractivity contribution in [1.82, 2.24) is 5.32 Å². The molecule has 0 unspecified atom stereocenters. The summed E-state index contributed by atoms with van der Waals surface area (Å²) in [5.41, 5.74) is 2.00. The molecular weight excluding hydrogens is 347 g/mol. The van der Waals surface area contributed by atoms with Crippen LogP contribution in [0.5, 0.6) is 5.75 Å². The minimum absolute atomic E-state index is 0.158. The predicted molar refractivity (Wildman–Crippen MR) is 91.2 cm³/mol. The molecule has 4 nitrogen and oxygen atoms in total. The van der Waals surface area contributed by atoms with Gasteiger partial charge in [0.2, 0.25) is 0 Å². The Bertz CT molecular complexity index is 715. The highest BCUT2D eigenvalue weighted by atomic mass is 19.4. The number of methoxy groups -OCH3 is 1. The summed E-state index contributed by atoms with van der Waals surface area (Å²) >= 11 is 0. The summed E-state index contributed by atoms with van der Waals surface area (Å²) in [5.74, 6) is 0.521. The number of hydrogen-bond donors (Lipinski definition) is 1. The van der Waals surface area contributed by atoms with Gasteiger partial charge in [-0.05, 0) is 35.7 Å². The third-order valence-electron chi connectivity index (χ3n) is 3.62. The summed E-state index contributed by atoms with van der Waals surface area (Å²) in [4.78, 5) is 12.1. The Kier molecular flexibility index (Phi) is 7.03. The molecular formula is C19H20F3NO3. The third kappa shape index (κ3) is 6.40. The number of alkyl halides is 3. The highest BCUT2D eigenvalue weighted by Gasteiger charge is 2.27. The first-order valence-electron chi connectivity index (χ1n) is 8.02. The Morgan fingerprint density at radius 1 is 1.08 bits per heavy atom. The largest absolute Gasteiger partial charge is 0.496 e. The molecule has 0 heterocycles. The molecule has 0 saturated carbocycles. The normalized spacial score (nSPS) is 11.2. The zero-order chi connectivity index (χ0) is 19.0. The van der Waals surface area contributed by atoms with Crippen molar-refractivity contribution in [2.24, 2.45) is 0 Å². The summed E-state index contributed by atoms with van der Waals surface area (Å²) in [7, 11) is 1.59. The number of carbonyl (C=O) groups excluding carboxylic acids is 1. The molecule has 1 N–H and O–H groups in total. The monoisotopic (exact) mass is 367 g/mol. The van der Waals surface area contributed by atoms with E-state index in [0.29, 0.717) is 24.1 Å². The number of benzene rings is 2. The zero-order valence-corrected chi connectivity index (χ0v) is 14.3. The smallest absolute Gasteiger partial charge is 0.411 e. The Labute approximate surface area is 149 Å². The van der Waals surface area contributed by atoms with Crippen LogP contribution in [-0.4, -0.2) is 32.3 Å². The van der Waals surface area contributed by atoms with Crippen molar-refractivity contribution in [2.75, 3.05) is 20.3 Å².